The topological polar surface area (TPSA) is 55.4 Å². The molecule has 4 nitrogen and oxygen atoms in total. The van der Waals surface area contributed by atoms with Crippen LogP contribution in [0.1, 0.15) is 78.1 Å². The van der Waals surface area contributed by atoms with Gasteiger partial charge in [0.25, 0.3) is 5.91 Å². The molecule has 0 aromatic heterocycles. The van der Waals surface area contributed by atoms with Gasteiger partial charge < -0.3 is 10.1 Å². The molecule has 0 aliphatic carbocycles. The first-order valence-electron chi connectivity index (χ1n) is 11.1. The summed E-state index contributed by atoms with van der Waals surface area (Å²) in [5.41, 5.74) is 0.671. The molecule has 1 aromatic rings. The third-order valence-corrected chi connectivity index (χ3v) is 6.92. The van der Waals surface area contributed by atoms with Gasteiger partial charge in [0.05, 0.1) is 4.75 Å². The van der Waals surface area contributed by atoms with Crippen LogP contribution in [0.25, 0.3) is 0 Å². The number of carbonyl (C=O) groups is 2. The molecular formula is C24H34ClNO3S. The molecule has 1 aliphatic heterocycles. The number of amides is 1. The summed E-state index contributed by atoms with van der Waals surface area (Å²) in [6, 6.07) is 6.95. The zero-order chi connectivity index (χ0) is 21.8. The van der Waals surface area contributed by atoms with E-state index in [1.54, 1.807) is 30.3 Å². The van der Waals surface area contributed by atoms with Crippen LogP contribution >= 0.6 is 23.4 Å². The van der Waals surface area contributed by atoms with E-state index < -0.39 is 0 Å². The van der Waals surface area contributed by atoms with Crippen LogP contribution in [0.5, 0.6) is 0 Å². The molecule has 1 aromatic carbocycles. The molecule has 1 heterocycles. The summed E-state index contributed by atoms with van der Waals surface area (Å²) in [5, 5.41) is 3.46. The van der Waals surface area contributed by atoms with Gasteiger partial charge in [0, 0.05) is 16.8 Å². The van der Waals surface area contributed by atoms with Gasteiger partial charge in [-0.1, -0.05) is 88.6 Å². The Morgan fingerprint density at radius 1 is 1.00 bits per heavy atom. The van der Waals surface area contributed by atoms with Gasteiger partial charge in [-0.15, -0.1) is 0 Å². The van der Waals surface area contributed by atoms with Gasteiger partial charge in [0.2, 0.25) is 5.12 Å². The fourth-order valence-electron chi connectivity index (χ4n) is 3.71. The van der Waals surface area contributed by atoms with Crippen LogP contribution in [-0.2, 0) is 14.3 Å². The second-order valence-corrected chi connectivity index (χ2v) is 9.71. The Morgan fingerprint density at radius 2 is 1.60 bits per heavy atom. The Kier molecular flexibility index (Phi) is 10.8. The average molecular weight is 452 g/mol. The standard InChI is InChI=1S/C24H34ClNO3S/c1-3-5-7-9-15-24(16-10-8-6-4-2)21(17-23(28)30-24)29-18-22(27)26-20-13-11-19(25)12-14-20/h11-14,17H,3-10,15-16,18H2,1-2H3,(H,26,27). The van der Waals surface area contributed by atoms with Crippen LogP contribution in [0.3, 0.4) is 0 Å². The monoisotopic (exact) mass is 451 g/mol. The summed E-state index contributed by atoms with van der Waals surface area (Å²) >= 11 is 7.28. The van der Waals surface area contributed by atoms with E-state index in [2.05, 4.69) is 19.2 Å². The number of hydrogen-bond donors (Lipinski definition) is 1. The molecule has 1 N–H and O–H groups in total. The van der Waals surface area contributed by atoms with Crippen molar-refractivity contribution in [2.45, 2.75) is 82.8 Å². The molecule has 0 unspecified atom stereocenters. The van der Waals surface area contributed by atoms with Gasteiger partial charge in [-0.05, 0) is 37.1 Å². The molecule has 0 saturated carbocycles. The zero-order valence-corrected chi connectivity index (χ0v) is 19.7. The fraction of sp³-hybridized carbons (Fsp3) is 0.583. The van der Waals surface area contributed by atoms with Gasteiger partial charge in [-0.25, -0.2) is 0 Å². The highest BCUT2D eigenvalue weighted by Gasteiger charge is 2.43. The summed E-state index contributed by atoms with van der Waals surface area (Å²) in [7, 11) is 0. The van der Waals surface area contributed by atoms with E-state index in [-0.39, 0.29) is 22.4 Å². The van der Waals surface area contributed by atoms with Crippen LogP contribution in [0, 0.1) is 0 Å². The summed E-state index contributed by atoms with van der Waals surface area (Å²) < 4.78 is 5.62. The summed E-state index contributed by atoms with van der Waals surface area (Å²) in [4.78, 5) is 24.7. The first kappa shape index (κ1) is 24.8. The molecule has 6 heteroatoms. The lowest BCUT2D eigenvalue weighted by molar-refractivity contribution is -0.119. The van der Waals surface area contributed by atoms with Crippen molar-refractivity contribution in [1.29, 1.82) is 0 Å². The van der Waals surface area contributed by atoms with E-state index in [0.29, 0.717) is 16.5 Å². The third kappa shape index (κ3) is 7.99. The quantitative estimate of drug-likeness (QED) is 0.305. The normalized spacial score (nSPS) is 15.2. The van der Waals surface area contributed by atoms with E-state index >= 15 is 0 Å². The summed E-state index contributed by atoms with van der Waals surface area (Å²) in [6.45, 7) is 4.29. The number of anilines is 1. The number of carbonyl (C=O) groups excluding carboxylic acids is 2. The van der Waals surface area contributed by atoms with Gasteiger partial charge in [-0.2, -0.15) is 0 Å². The number of unbranched alkanes of at least 4 members (excludes halogenated alkanes) is 6. The van der Waals surface area contributed by atoms with Crippen molar-refractivity contribution in [3.05, 3.63) is 41.1 Å². The van der Waals surface area contributed by atoms with Crippen molar-refractivity contribution in [3.63, 3.8) is 0 Å². The minimum absolute atomic E-state index is 0.0362. The predicted molar refractivity (Wildman–Crippen MR) is 127 cm³/mol. The smallest absolute Gasteiger partial charge is 0.262 e. The first-order valence-corrected chi connectivity index (χ1v) is 12.3. The molecule has 0 spiro atoms. The summed E-state index contributed by atoms with van der Waals surface area (Å²) in [5.74, 6) is 0.435. The van der Waals surface area contributed by atoms with Gasteiger partial charge >= 0.3 is 0 Å². The number of benzene rings is 1. The van der Waals surface area contributed by atoms with Gasteiger partial charge in [0.15, 0.2) is 6.61 Å². The Bertz CT molecular complexity index is 706. The maximum atomic E-state index is 12.4. The van der Waals surface area contributed by atoms with E-state index in [0.717, 1.165) is 38.5 Å². The third-order valence-electron chi connectivity index (χ3n) is 5.35. The van der Waals surface area contributed by atoms with Gasteiger partial charge in [0.1, 0.15) is 5.76 Å². The van der Waals surface area contributed by atoms with E-state index in [1.165, 1.54) is 37.4 Å². The van der Waals surface area contributed by atoms with Crippen LogP contribution < -0.4 is 5.32 Å². The van der Waals surface area contributed by atoms with E-state index in [4.69, 9.17) is 16.3 Å². The highest BCUT2D eigenvalue weighted by atomic mass is 35.5. The average Bonchev–Trinajstić information content (AvgIpc) is 3.04. The molecule has 0 radical (unpaired) electrons. The lowest BCUT2D eigenvalue weighted by Crippen LogP contribution is -2.29. The molecule has 1 amide bonds. The molecule has 0 bridgehead atoms. The van der Waals surface area contributed by atoms with E-state index in [1.807, 2.05) is 0 Å². The molecule has 166 valence electrons. The van der Waals surface area contributed by atoms with Crippen LogP contribution in [0.15, 0.2) is 36.1 Å². The minimum atomic E-state index is -0.320. The number of rotatable bonds is 14. The molecule has 0 atom stereocenters. The first-order chi connectivity index (χ1) is 14.5. The molecule has 0 saturated heterocycles. The lowest BCUT2D eigenvalue weighted by Gasteiger charge is -2.30. The minimum Gasteiger partial charge on any atom is -0.486 e. The summed E-state index contributed by atoms with van der Waals surface area (Å²) in [6.07, 6.45) is 12.7. The highest BCUT2D eigenvalue weighted by Crippen LogP contribution is 2.48. The molecule has 2 rings (SSSR count). The van der Waals surface area contributed by atoms with Crippen LogP contribution in [-0.4, -0.2) is 22.4 Å². The number of hydrogen-bond acceptors (Lipinski definition) is 4. The molecule has 1 aliphatic rings. The maximum Gasteiger partial charge on any atom is 0.262 e. The fourth-order valence-corrected chi connectivity index (χ4v) is 5.09. The Hall–Kier alpha value is -1.46. The highest BCUT2D eigenvalue weighted by molar-refractivity contribution is 8.15. The number of ether oxygens (including phenoxy) is 1. The SMILES string of the molecule is CCCCCCC1(CCCCCC)SC(=O)C=C1OCC(=O)Nc1ccc(Cl)cc1. The number of nitrogens with one attached hydrogen (secondary N) is 1. The van der Waals surface area contributed by atoms with E-state index in [9.17, 15) is 9.59 Å². The van der Waals surface area contributed by atoms with Gasteiger partial charge in [-0.3, -0.25) is 9.59 Å². The number of halogens is 1. The Morgan fingerprint density at radius 3 is 2.17 bits per heavy atom. The Balaban J connectivity index is 1.98. The van der Waals surface area contributed by atoms with Crippen LogP contribution in [0.4, 0.5) is 5.69 Å². The van der Waals surface area contributed by atoms with Crippen molar-refractivity contribution in [2.24, 2.45) is 0 Å². The van der Waals surface area contributed by atoms with Crippen molar-refractivity contribution in [3.8, 4) is 0 Å². The number of thioether (sulfide) groups is 1. The molecule has 30 heavy (non-hydrogen) atoms. The van der Waals surface area contributed by atoms with Crippen molar-refractivity contribution in [1.82, 2.24) is 0 Å². The second kappa shape index (κ2) is 13.1. The van der Waals surface area contributed by atoms with Crippen molar-refractivity contribution >= 4 is 40.1 Å². The zero-order valence-electron chi connectivity index (χ0n) is 18.2. The molecule has 0 fully saturated rings. The maximum absolute atomic E-state index is 12.4. The Labute approximate surface area is 190 Å². The molecular weight excluding hydrogens is 418 g/mol. The second-order valence-electron chi connectivity index (χ2n) is 7.89. The predicted octanol–water partition coefficient (Wildman–Crippen LogP) is 7.13. The van der Waals surface area contributed by atoms with Crippen LogP contribution in [0.2, 0.25) is 5.02 Å². The van der Waals surface area contributed by atoms with Crippen molar-refractivity contribution in [2.75, 3.05) is 11.9 Å². The van der Waals surface area contributed by atoms with Crippen molar-refractivity contribution < 1.29 is 14.3 Å². The lowest BCUT2D eigenvalue weighted by atomic mass is 9.91. The largest absolute Gasteiger partial charge is 0.486 e.